The van der Waals surface area contributed by atoms with E-state index < -0.39 is 11.8 Å². The molecule has 2 fully saturated rings. The monoisotopic (exact) mass is 320 g/mol. The van der Waals surface area contributed by atoms with Gasteiger partial charge >= 0.3 is 17.8 Å². The third kappa shape index (κ3) is 2.93. The quantitative estimate of drug-likeness (QED) is 0.619. The molecule has 2 heterocycles. The van der Waals surface area contributed by atoms with Crippen LogP contribution in [0.3, 0.4) is 0 Å². The first kappa shape index (κ1) is 15.5. The average molecular weight is 320 g/mol. The van der Waals surface area contributed by atoms with E-state index in [1.54, 1.807) is 22.8 Å². The molecule has 2 amide bonds. The van der Waals surface area contributed by atoms with Crippen molar-refractivity contribution in [3.05, 3.63) is 12.4 Å². The van der Waals surface area contributed by atoms with Gasteiger partial charge in [0, 0.05) is 26.3 Å². The summed E-state index contributed by atoms with van der Waals surface area (Å²) in [7, 11) is 3.13. The Morgan fingerprint density at radius 3 is 2.61 bits per heavy atom. The zero-order valence-corrected chi connectivity index (χ0v) is 13.2. The van der Waals surface area contributed by atoms with Crippen molar-refractivity contribution in [2.24, 2.45) is 18.4 Å². The van der Waals surface area contributed by atoms with E-state index in [1.807, 2.05) is 0 Å². The third-order valence-electron chi connectivity index (χ3n) is 4.88. The minimum atomic E-state index is -0.658. The molecule has 2 aliphatic rings. The van der Waals surface area contributed by atoms with Crippen LogP contribution < -0.4 is 5.32 Å². The number of hydrogen-bond acceptors (Lipinski definition) is 5. The Morgan fingerprint density at radius 1 is 1.35 bits per heavy atom. The summed E-state index contributed by atoms with van der Waals surface area (Å²) < 4.78 is 6.34. The van der Waals surface area contributed by atoms with Crippen molar-refractivity contribution < 1.29 is 19.1 Å². The number of carbonyl (C=O) groups is 3. The van der Waals surface area contributed by atoms with Gasteiger partial charge in [-0.05, 0) is 24.7 Å². The number of anilines is 1. The number of carbonyl (C=O) groups excluding carboxylic acids is 3. The molecule has 1 aromatic heterocycles. The molecule has 3 rings (SSSR count). The SMILES string of the molecule is COC(=O)C1CC12CCN(C(=O)C(=O)Nc1cnn(C)c1)CC2. The summed E-state index contributed by atoms with van der Waals surface area (Å²) in [6, 6.07) is 0. The number of esters is 1. The minimum absolute atomic E-state index is 0.0241. The summed E-state index contributed by atoms with van der Waals surface area (Å²) in [5.41, 5.74) is 0.469. The van der Waals surface area contributed by atoms with Crippen molar-refractivity contribution in [3.8, 4) is 0 Å². The molecule has 1 atom stereocenters. The van der Waals surface area contributed by atoms with Gasteiger partial charge in [0.2, 0.25) is 0 Å². The third-order valence-corrected chi connectivity index (χ3v) is 4.88. The van der Waals surface area contributed by atoms with Crippen molar-refractivity contribution in [1.29, 1.82) is 0 Å². The second kappa shape index (κ2) is 5.68. The Kier molecular flexibility index (Phi) is 3.83. The Labute approximate surface area is 133 Å². The lowest BCUT2D eigenvalue weighted by atomic mass is 9.91. The van der Waals surface area contributed by atoms with Crippen LogP contribution in [0.4, 0.5) is 5.69 Å². The molecule has 1 saturated carbocycles. The first-order chi connectivity index (χ1) is 10.9. The lowest BCUT2D eigenvalue weighted by Crippen LogP contribution is -2.45. The fourth-order valence-corrected chi connectivity index (χ4v) is 3.34. The van der Waals surface area contributed by atoms with Crippen molar-refractivity contribution >= 4 is 23.5 Å². The largest absolute Gasteiger partial charge is 0.469 e. The number of piperidine rings is 1. The summed E-state index contributed by atoms with van der Waals surface area (Å²) in [5.74, 6) is -1.42. The Balaban J connectivity index is 1.52. The van der Waals surface area contributed by atoms with Crippen LogP contribution in [0.1, 0.15) is 19.3 Å². The number of likely N-dealkylation sites (tertiary alicyclic amines) is 1. The smallest absolute Gasteiger partial charge is 0.313 e. The predicted octanol–water partition coefficient (Wildman–Crippen LogP) is 0.160. The molecule has 1 aromatic rings. The molecule has 1 spiro atoms. The minimum Gasteiger partial charge on any atom is -0.469 e. The van der Waals surface area contributed by atoms with E-state index in [9.17, 15) is 14.4 Å². The van der Waals surface area contributed by atoms with E-state index in [0.29, 0.717) is 18.8 Å². The summed E-state index contributed by atoms with van der Waals surface area (Å²) in [6.45, 7) is 0.986. The molecule has 8 heteroatoms. The Hall–Kier alpha value is -2.38. The highest BCUT2D eigenvalue weighted by Crippen LogP contribution is 2.59. The lowest BCUT2D eigenvalue weighted by Gasteiger charge is -2.32. The van der Waals surface area contributed by atoms with E-state index in [-0.39, 0.29) is 17.3 Å². The van der Waals surface area contributed by atoms with Crippen molar-refractivity contribution in [3.63, 3.8) is 0 Å². The van der Waals surface area contributed by atoms with Gasteiger partial charge in [0.05, 0.1) is 24.9 Å². The normalized spacial score (nSPS) is 21.8. The topological polar surface area (TPSA) is 93.5 Å². The maximum absolute atomic E-state index is 12.2. The second-order valence-corrected chi connectivity index (χ2v) is 6.29. The number of nitrogens with one attached hydrogen (secondary N) is 1. The van der Waals surface area contributed by atoms with E-state index in [0.717, 1.165) is 19.3 Å². The zero-order valence-electron chi connectivity index (χ0n) is 13.2. The van der Waals surface area contributed by atoms with Gasteiger partial charge in [0.15, 0.2) is 0 Å². The maximum atomic E-state index is 12.2. The fourth-order valence-electron chi connectivity index (χ4n) is 3.34. The van der Waals surface area contributed by atoms with E-state index >= 15 is 0 Å². The van der Waals surface area contributed by atoms with Gasteiger partial charge in [-0.25, -0.2) is 0 Å². The highest BCUT2D eigenvalue weighted by atomic mass is 16.5. The summed E-state index contributed by atoms with van der Waals surface area (Å²) in [4.78, 5) is 37.4. The lowest BCUT2D eigenvalue weighted by molar-refractivity contribution is -0.145. The number of aromatic nitrogens is 2. The van der Waals surface area contributed by atoms with Crippen LogP contribution >= 0.6 is 0 Å². The van der Waals surface area contributed by atoms with Crippen molar-refractivity contribution in [2.75, 3.05) is 25.5 Å². The molecule has 1 aliphatic carbocycles. The first-order valence-electron chi connectivity index (χ1n) is 7.62. The van der Waals surface area contributed by atoms with E-state index in [2.05, 4.69) is 10.4 Å². The molecule has 0 radical (unpaired) electrons. The maximum Gasteiger partial charge on any atom is 0.313 e. The van der Waals surface area contributed by atoms with Crippen molar-refractivity contribution in [1.82, 2.24) is 14.7 Å². The first-order valence-corrected chi connectivity index (χ1v) is 7.62. The van der Waals surface area contributed by atoms with Gasteiger partial charge < -0.3 is 15.0 Å². The number of ether oxygens (including phenoxy) is 1. The van der Waals surface area contributed by atoms with Gasteiger partial charge in [-0.3, -0.25) is 19.1 Å². The number of rotatable bonds is 2. The van der Waals surface area contributed by atoms with Gasteiger partial charge in [0.1, 0.15) is 0 Å². The van der Waals surface area contributed by atoms with Crippen LogP contribution in [0.2, 0.25) is 0 Å². The molecule has 23 heavy (non-hydrogen) atoms. The fraction of sp³-hybridized carbons (Fsp3) is 0.600. The number of nitrogens with zero attached hydrogens (tertiary/aromatic N) is 3. The highest BCUT2D eigenvalue weighted by Gasteiger charge is 2.59. The predicted molar refractivity (Wildman–Crippen MR) is 80.2 cm³/mol. The number of methoxy groups -OCH3 is 1. The van der Waals surface area contributed by atoms with Crippen LogP contribution in [0, 0.1) is 11.3 Å². The summed E-state index contributed by atoms with van der Waals surface area (Å²) in [5, 5.41) is 6.48. The number of amides is 2. The molecule has 1 saturated heterocycles. The summed E-state index contributed by atoms with van der Waals surface area (Å²) >= 11 is 0. The molecule has 0 bridgehead atoms. The molecule has 124 valence electrons. The van der Waals surface area contributed by atoms with Gasteiger partial charge in [0.25, 0.3) is 0 Å². The second-order valence-electron chi connectivity index (χ2n) is 6.29. The number of aryl methyl sites for hydroxylation is 1. The van der Waals surface area contributed by atoms with Gasteiger partial charge in [-0.1, -0.05) is 0 Å². The summed E-state index contributed by atoms with van der Waals surface area (Å²) in [6.07, 6.45) is 5.41. The molecule has 1 N–H and O–H groups in total. The number of hydrogen-bond donors (Lipinski definition) is 1. The molecular weight excluding hydrogens is 300 g/mol. The Morgan fingerprint density at radius 2 is 2.04 bits per heavy atom. The molecular formula is C15H20N4O4. The van der Waals surface area contributed by atoms with Crippen LogP contribution in [-0.4, -0.2) is 52.7 Å². The van der Waals surface area contributed by atoms with Crippen LogP contribution in [0.25, 0.3) is 0 Å². The van der Waals surface area contributed by atoms with E-state index in [1.165, 1.54) is 13.3 Å². The Bertz CT molecular complexity index is 646. The molecule has 0 aromatic carbocycles. The van der Waals surface area contributed by atoms with E-state index in [4.69, 9.17) is 4.74 Å². The van der Waals surface area contributed by atoms with Crippen LogP contribution in [0.15, 0.2) is 12.4 Å². The zero-order chi connectivity index (χ0) is 16.6. The van der Waals surface area contributed by atoms with Crippen molar-refractivity contribution in [2.45, 2.75) is 19.3 Å². The standard InChI is InChI=1S/C15H20N4O4/c1-18-9-10(8-16-18)17-12(20)13(21)19-5-3-15(4-6-19)7-11(15)14(22)23-2/h8-9,11H,3-7H2,1-2H3,(H,17,20). The molecule has 8 nitrogen and oxygen atoms in total. The molecule has 1 aliphatic heterocycles. The van der Waals surface area contributed by atoms with Gasteiger partial charge in [-0.15, -0.1) is 0 Å². The average Bonchev–Trinajstić information content (AvgIpc) is 3.09. The molecule has 1 unspecified atom stereocenters. The van der Waals surface area contributed by atoms with Crippen LogP contribution in [-0.2, 0) is 26.2 Å². The van der Waals surface area contributed by atoms with Gasteiger partial charge in [-0.2, -0.15) is 5.10 Å². The van der Waals surface area contributed by atoms with Crippen LogP contribution in [0.5, 0.6) is 0 Å². The highest BCUT2D eigenvalue weighted by molar-refractivity contribution is 6.39.